The summed E-state index contributed by atoms with van der Waals surface area (Å²) in [6.07, 6.45) is 0.323. The number of quaternary nitrogens is 1. The minimum Gasteiger partial charge on any atom is -1.00 e. The van der Waals surface area contributed by atoms with Crippen LogP contribution >= 0.6 is 0 Å². The Morgan fingerprint density at radius 3 is 1.90 bits per heavy atom. The summed E-state index contributed by atoms with van der Waals surface area (Å²) in [6, 6.07) is 24.5. The van der Waals surface area contributed by atoms with Gasteiger partial charge >= 0.3 is 5.97 Å². The predicted molar refractivity (Wildman–Crippen MR) is 183 cm³/mol. The average Bonchev–Trinajstić information content (AvgIpc) is 3.62. The van der Waals surface area contributed by atoms with Gasteiger partial charge in [-0.1, -0.05) is 105 Å². The monoisotopic (exact) mass is 708 g/mol. The van der Waals surface area contributed by atoms with E-state index >= 15 is 0 Å². The number of amides is 3. The van der Waals surface area contributed by atoms with E-state index in [1.807, 2.05) is 105 Å². The van der Waals surface area contributed by atoms with E-state index in [2.05, 4.69) is 16.4 Å². The van der Waals surface area contributed by atoms with Gasteiger partial charge in [-0.15, -0.1) is 0 Å². The van der Waals surface area contributed by atoms with Gasteiger partial charge in [-0.3, -0.25) is 14.4 Å². The molecule has 0 radical (unpaired) electrons. The van der Waals surface area contributed by atoms with Crippen LogP contribution in [0.4, 0.5) is 0 Å². The lowest BCUT2D eigenvalue weighted by molar-refractivity contribution is -0.416. The molecule has 1 fully saturated rings. The molecule has 11 nitrogen and oxygen atoms in total. The third-order valence-electron chi connectivity index (χ3n) is 8.59. The van der Waals surface area contributed by atoms with Crippen LogP contribution in [0.2, 0.25) is 0 Å². The van der Waals surface area contributed by atoms with E-state index in [0.717, 1.165) is 16.7 Å². The largest absolute Gasteiger partial charge is 1.00 e. The quantitative estimate of drug-likeness (QED) is 0.164. The molecule has 3 aromatic rings. The van der Waals surface area contributed by atoms with Crippen LogP contribution in [0.3, 0.4) is 0 Å². The molecule has 1 aliphatic rings. The fraction of sp³-hybridized carbons (Fsp3) is 0.421. The second-order valence-corrected chi connectivity index (χ2v) is 12.7. The zero-order valence-electron chi connectivity index (χ0n) is 29.0. The fourth-order valence-corrected chi connectivity index (χ4v) is 5.46. The van der Waals surface area contributed by atoms with Crippen molar-refractivity contribution in [1.82, 2.24) is 15.5 Å². The number of benzene rings is 3. The summed E-state index contributed by atoms with van der Waals surface area (Å²) in [5.41, 5.74) is 6.58. The number of hydrogen-bond donors (Lipinski definition) is 3. The van der Waals surface area contributed by atoms with Gasteiger partial charge in [0.2, 0.25) is 11.8 Å². The Morgan fingerprint density at radius 1 is 0.800 bits per heavy atom. The van der Waals surface area contributed by atoms with E-state index in [1.54, 1.807) is 11.8 Å². The van der Waals surface area contributed by atoms with Gasteiger partial charge in [0.1, 0.15) is 18.7 Å². The Hall–Kier alpha value is -4.29. The summed E-state index contributed by atoms with van der Waals surface area (Å²) in [6.45, 7) is 6.18. The van der Waals surface area contributed by atoms with Crippen molar-refractivity contribution >= 4 is 23.7 Å². The first kappa shape index (κ1) is 40.1. The molecule has 1 aliphatic heterocycles. The zero-order valence-corrected chi connectivity index (χ0v) is 29.7. The second-order valence-electron chi connectivity index (χ2n) is 12.7. The van der Waals surface area contributed by atoms with Crippen molar-refractivity contribution in [2.45, 2.75) is 83.7 Å². The van der Waals surface area contributed by atoms with Crippen LogP contribution in [0.15, 0.2) is 91.0 Å². The highest BCUT2D eigenvalue weighted by Gasteiger charge is 2.40. The number of halogens is 1. The van der Waals surface area contributed by atoms with E-state index in [4.69, 9.17) is 14.2 Å². The summed E-state index contributed by atoms with van der Waals surface area (Å²) in [5.74, 6) is -1.99. The first-order valence-electron chi connectivity index (χ1n) is 16.9. The third-order valence-corrected chi connectivity index (χ3v) is 8.59. The minimum atomic E-state index is -1.20. The molecule has 1 heterocycles. The van der Waals surface area contributed by atoms with E-state index in [9.17, 15) is 19.2 Å². The van der Waals surface area contributed by atoms with E-state index in [-0.39, 0.29) is 50.7 Å². The number of rotatable bonds is 17. The van der Waals surface area contributed by atoms with Crippen LogP contribution in [0.25, 0.3) is 0 Å². The first-order valence-corrected chi connectivity index (χ1v) is 16.9. The zero-order chi connectivity index (χ0) is 35.2. The summed E-state index contributed by atoms with van der Waals surface area (Å²) in [7, 11) is 0. The summed E-state index contributed by atoms with van der Waals surface area (Å²) >= 11 is 0. The average molecular weight is 709 g/mol. The van der Waals surface area contributed by atoms with Gasteiger partial charge in [0, 0.05) is 12.5 Å². The molecule has 1 saturated heterocycles. The van der Waals surface area contributed by atoms with Crippen molar-refractivity contribution in [2.75, 3.05) is 13.2 Å². The van der Waals surface area contributed by atoms with Crippen LogP contribution in [0.5, 0.6) is 0 Å². The van der Waals surface area contributed by atoms with Gasteiger partial charge in [-0.25, -0.2) is 4.79 Å². The number of esters is 1. The van der Waals surface area contributed by atoms with Gasteiger partial charge in [0.15, 0.2) is 12.1 Å². The van der Waals surface area contributed by atoms with Crippen LogP contribution < -0.4 is 28.8 Å². The first-order chi connectivity index (χ1) is 23.6. The second kappa shape index (κ2) is 20.4. The molecule has 3 amide bonds. The summed E-state index contributed by atoms with van der Waals surface area (Å²) in [5, 5.41) is 5.59. The molecule has 270 valence electrons. The van der Waals surface area contributed by atoms with Crippen molar-refractivity contribution < 1.29 is 51.5 Å². The van der Waals surface area contributed by atoms with Crippen LogP contribution in [-0.2, 0) is 53.2 Å². The molecule has 0 unspecified atom stereocenters. The van der Waals surface area contributed by atoms with Gasteiger partial charge in [0.05, 0.1) is 25.9 Å². The molecule has 0 saturated carbocycles. The highest BCUT2D eigenvalue weighted by molar-refractivity contribution is 5.94. The maximum Gasteiger partial charge on any atom is 0.331 e. The van der Waals surface area contributed by atoms with E-state index in [1.165, 1.54) is 0 Å². The van der Waals surface area contributed by atoms with Gasteiger partial charge in [-0.2, -0.15) is 0 Å². The van der Waals surface area contributed by atoms with Crippen molar-refractivity contribution in [1.29, 1.82) is 0 Å². The highest BCUT2D eigenvalue weighted by atomic mass is 35.5. The normalized spacial score (nSPS) is 16.4. The van der Waals surface area contributed by atoms with Crippen LogP contribution in [0.1, 0.15) is 50.3 Å². The number of carbonyl (C=O) groups excluding carboxylic acids is 4. The Labute approximate surface area is 300 Å². The lowest BCUT2D eigenvalue weighted by Gasteiger charge is -2.29. The van der Waals surface area contributed by atoms with E-state index < -0.39 is 48.1 Å². The number of nitrogens with one attached hydrogen (secondary N) is 2. The lowest BCUT2D eigenvalue weighted by Crippen LogP contribution is -3.00. The van der Waals surface area contributed by atoms with Crippen LogP contribution in [0, 0.1) is 5.92 Å². The fourth-order valence-electron chi connectivity index (χ4n) is 5.46. The minimum absolute atomic E-state index is 0. The highest BCUT2D eigenvalue weighted by Crippen LogP contribution is 2.20. The maximum atomic E-state index is 14.0. The topological polar surface area (TPSA) is 151 Å². The Bertz CT molecular complexity index is 1500. The number of hydrogen-bond acceptors (Lipinski definition) is 7. The summed E-state index contributed by atoms with van der Waals surface area (Å²) < 4.78 is 17.6. The molecule has 0 aromatic heterocycles. The molecule has 4 rings (SSSR count). The van der Waals surface area contributed by atoms with Crippen molar-refractivity contribution in [2.24, 2.45) is 5.92 Å². The molecule has 12 heteroatoms. The molecule has 5 N–H and O–H groups in total. The summed E-state index contributed by atoms with van der Waals surface area (Å²) in [4.78, 5) is 55.9. The number of nitrogens with zero attached hydrogens (tertiary/aromatic N) is 1. The standard InChI is InChI=1S/C38H48N4O7.ClH/c1-26(2)33(39)37(45)42-21-13-20-32(42)36(44)40-31(25-47-22-28-14-7-4-8-15-28)35(43)41-34(27(3)48-23-29-16-9-5-10-17-29)38(46)49-24-30-18-11-6-12-19-30;/h4-12,14-19,26-27,31-34H,13,20-25,39H2,1-3H3,(H,40,44)(H,41,43);1H/t27-,31+,32+,33+,34+;/m1./s1. The molecule has 3 aromatic carbocycles. The number of ether oxygens (including phenoxy) is 3. The smallest absolute Gasteiger partial charge is 0.331 e. The Morgan fingerprint density at radius 2 is 1.34 bits per heavy atom. The number of carbonyl (C=O) groups is 4. The molecule has 5 atom stereocenters. The lowest BCUT2D eigenvalue weighted by atomic mass is 10.0. The SMILES string of the molecule is CC(C)[C@H]([NH3+])C(=O)N1CCC[C@H]1C(=O)N[C@@H](COCc1ccccc1)C(=O)N[C@H](C(=O)OCc1ccccc1)[C@@H](C)OCc1ccccc1.[Cl-]. The Kier molecular flexibility index (Phi) is 16.4. The molecule has 0 spiro atoms. The van der Waals surface area contributed by atoms with Crippen molar-refractivity contribution in [3.63, 3.8) is 0 Å². The molecule has 50 heavy (non-hydrogen) atoms. The van der Waals surface area contributed by atoms with Crippen LogP contribution in [-0.4, -0.2) is 72.0 Å². The molecular formula is C38H49ClN4O7. The van der Waals surface area contributed by atoms with E-state index in [0.29, 0.717) is 19.4 Å². The molecular weight excluding hydrogens is 660 g/mol. The molecule has 0 bridgehead atoms. The molecule has 0 aliphatic carbocycles. The third kappa shape index (κ3) is 11.9. The Balaban J connectivity index is 0.00000676. The van der Waals surface area contributed by atoms with Crippen molar-refractivity contribution in [3.8, 4) is 0 Å². The predicted octanol–water partition coefficient (Wildman–Crippen LogP) is -0.217. The van der Waals surface area contributed by atoms with Gasteiger partial charge in [-0.05, 0) is 36.5 Å². The number of likely N-dealkylation sites (tertiary alicyclic amines) is 1. The van der Waals surface area contributed by atoms with Gasteiger partial charge in [0.25, 0.3) is 5.91 Å². The van der Waals surface area contributed by atoms with Crippen molar-refractivity contribution in [3.05, 3.63) is 108 Å². The van der Waals surface area contributed by atoms with Gasteiger partial charge < -0.3 is 47.9 Å². The maximum absolute atomic E-state index is 14.0.